The van der Waals surface area contributed by atoms with Gasteiger partial charge in [0, 0.05) is 12.1 Å². The molecule has 3 heteroatoms. The predicted octanol–water partition coefficient (Wildman–Crippen LogP) is 1.08. The third kappa shape index (κ3) is 2.83. The third-order valence-corrected chi connectivity index (χ3v) is 2.95. The summed E-state index contributed by atoms with van der Waals surface area (Å²) in [5.74, 6) is 0.161. The molecule has 0 radical (unpaired) electrons. The maximum absolute atomic E-state index is 11.6. The molecule has 1 aliphatic carbocycles. The first-order chi connectivity index (χ1) is 7.66. The Morgan fingerprint density at radius 1 is 1.50 bits per heavy atom. The summed E-state index contributed by atoms with van der Waals surface area (Å²) in [7, 11) is 0. The zero-order valence-electron chi connectivity index (χ0n) is 9.52. The number of carbonyl (C=O) groups is 1. The minimum atomic E-state index is 0.0539. The molecule has 1 saturated carbocycles. The lowest BCUT2D eigenvalue weighted by Crippen LogP contribution is -2.36. The lowest BCUT2D eigenvalue weighted by molar-refractivity contribution is -0.122. The minimum absolute atomic E-state index is 0.0539. The quantitative estimate of drug-likeness (QED) is 0.794. The van der Waals surface area contributed by atoms with Crippen molar-refractivity contribution in [2.75, 3.05) is 0 Å². The van der Waals surface area contributed by atoms with Crippen LogP contribution in [0.15, 0.2) is 30.3 Å². The molecule has 0 bridgehead atoms. The summed E-state index contributed by atoms with van der Waals surface area (Å²) in [5.41, 5.74) is 6.88. The Bertz CT molecular complexity index is 363. The Hall–Kier alpha value is -1.35. The van der Waals surface area contributed by atoms with Gasteiger partial charge in [-0.15, -0.1) is 0 Å². The number of nitrogens with one attached hydrogen (secondary N) is 1. The zero-order valence-corrected chi connectivity index (χ0v) is 9.52. The molecule has 0 heterocycles. The zero-order chi connectivity index (χ0) is 11.5. The number of benzene rings is 1. The summed E-state index contributed by atoms with van der Waals surface area (Å²) in [5, 5.41) is 3.00. The molecule has 0 saturated heterocycles. The number of hydrogen-bond donors (Lipinski definition) is 2. The Morgan fingerprint density at radius 3 is 2.69 bits per heavy atom. The number of hydrogen-bond acceptors (Lipinski definition) is 2. The second kappa shape index (κ2) is 4.66. The molecule has 1 aromatic carbocycles. The smallest absolute Gasteiger partial charge is 0.224 e. The van der Waals surface area contributed by atoms with Crippen molar-refractivity contribution in [2.24, 2.45) is 11.7 Å². The molecule has 1 fully saturated rings. The van der Waals surface area contributed by atoms with Gasteiger partial charge < -0.3 is 11.1 Å². The molecule has 1 aliphatic rings. The fraction of sp³-hybridized carbons (Fsp3) is 0.462. The van der Waals surface area contributed by atoms with Crippen molar-refractivity contribution in [3.8, 4) is 0 Å². The van der Waals surface area contributed by atoms with Gasteiger partial charge in [0.1, 0.15) is 0 Å². The van der Waals surface area contributed by atoms with Gasteiger partial charge in [-0.05, 0) is 25.3 Å². The van der Waals surface area contributed by atoms with Crippen molar-refractivity contribution in [3.63, 3.8) is 0 Å². The highest BCUT2D eigenvalue weighted by Gasteiger charge is 2.40. The summed E-state index contributed by atoms with van der Waals surface area (Å²) in [6.07, 6.45) is 1.71. The summed E-state index contributed by atoms with van der Waals surface area (Å²) >= 11 is 0. The summed E-state index contributed by atoms with van der Waals surface area (Å²) in [4.78, 5) is 11.6. The van der Waals surface area contributed by atoms with E-state index in [2.05, 4.69) is 17.4 Å². The van der Waals surface area contributed by atoms with Crippen LogP contribution >= 0.6 is 0 Å². The van der Waals surface area contributed by atoms with Gasteiger partial charge in [0.2, 0.25) is 5.91 Å². The molecule has 1 aromatic rings. The first kappa shape index (κ1) is 11.1. The standard InChI is InChI=1S/C13H18N2O/c1-9(7-10-5-3-2-4-6-10)15-13(16)11-8-12(11)14/h2-6,9,11-12H,7-8,14H2,1H3,(H,15,16). The monoisotopic (exact) mass is 218 g/mol. The van der Waals surface area contributed by atoms with E-state index in [9.17, 15) is 4.79 Å². The fourth-order valence-corrected chi connectivity index (χ4v) is 1.88. The average molecular weight is 218 g/mol. The van der Waals surface area contributed by atoms with Crippen LogP contribution in [0.5, 0.6) is 0 Å². The maximum Gasteiger partial charge on any atom is 0.224 e. The Balaban J connectivity index is 1.80. The summed E-state index contributed by atoms with van der Waals surface area (Å²) in [6.45, 7) is 2.03. The van der Waals surface area contributed by atoms with E-state index < -0.39 is 0 Å². The number of rotatable bonds is 4. The number of carbonyl (C=O) groups excluding carboxylic acids is 1. The lowest BCUT2D eigenvalue weighted by atomic mass is 10.1. The molecular formula is C13H18N2O. The summed E-state index contributed by atoms with van der Waals surface area (Å²) in [6, 6.07) is 10.4. The predicted molar refractivity (Wildman–Crippen MR) is 63.8 cm³/mol. The van der Waals surface area contributed by atoms with Gasteiger partial charge in [0.05, 0.1) is 5.92 Å². The Kier molecular flexibility index (Phi) is 3.25. The number of amides is 1. The molecule has 2 rings (SSSR count). The van der Waals surface area contributed by atoms with Crippen LogP contribution in [0.2, 0.25) is 0 Å². The van der Waals surface area contributed by atoms with Crippen LogP contribution in [0, 0.1) is 5.92 Å². The molecule has 1 amide bonds. The first-order valence-electron chi connectivity index (χ1n) is 5.76. The third-order valence-electron chi connectivity index (χ3n) is 2.95. The molecule has 3 atom stereocenters. The van der Waals surface area contributed by atoms with Crippen molar-refractivity contribution in [1.82, 2.24) is 5.32 Å². The van der Waals surface area contributed by atoms with Gasteiger partial charge in [0.25, 0.3) is 0 Å². The van der Waals surface area contributed by atoms with E-state index in [1.54, 1.807) is 0 Å². The van der Waals surface area contributed by atoms with Gasteiger partial charge in [-0.3, -0.25) is 4.79 Å². The van der Waals surface area contributed by atoms with E-state index in [4.69, 9.17) is 5.73 Å². The van der Waals surface area contributed by atoms with Crippen LogP contribution in [-0.2, 0) is 11.2 Å². The van der Waals surface area contributed by atoms with E-state index in [0.717, 1.165) is 12.8 Å². The van der Waals surface area contributed by atoms with Crippen LogP contribution in [0.3, 0.4) is 0 Å². The van der Waals surface area contributed by atoms with Crippen LogP contribution in [0.25, 0.3) is 0 Å². The molecular weight excluding hydrogens is 200 g/mol. The topological polar surface area (TPSA) is 55.1 Å². The van der Waals surface area contributed by atoms with Crippen LogP contribution in [0.1, 0.15) is 18.9 Å². The molecule has 0 aliphatic heterocycles. The molecule has 16 heavy (non-hydrogen) atoms. The van der Waals surface area contributed by atoms with Crippen molar-refractivity contribution in [3.05, 3.63) is 35.9 Å². The highest BCUT2D eigenvalue weighted by atomic mass is 16.2. The highest BCUT2D eigenvalue weighted by Crippen LogP contribution is 2.27. The van der Waals surface area contributed by atoms with Crippen LogP contribution < -0.4 is 11.1 Å². The number of nitrogens with two attached hydrogens (primary N) is 1. The van der Waals surface area contributed by atoms with Crippen molar-refractivity contribution < 1.29 is 4.79 Å². The van der Waals surface area contributed by atoms with Crippen molar-refractivity contribution in [1.29, 1.82) is 0 Å². The van der Waals surface area contributed by atoms with Gasteiger partial charge in [-0.1, -0.05) is 30.3 Å². The second-order valence-electron chi connectivity index (χ2n) is 4.61. The van der Waals surface area contributed by atoms with Gasteiger partial charge in [-0.2, -0.15) is 0 Å². The molecule has 3 nitrogen and oxygen atoms in total. The first-order valence-corrected chi connectivity index (χ1v) is 5.76. The van der Waals surface area contributed by atoms with E-state index in [1.165, 1.54) is 5.56 Å². The van der Waals surface area contributed by atoms with Crippen LogP contribution in [-0.4, -0.2) is 18.0 Å². The van der Waals surface area contributed by atoms with E-state index >= 15 is 0 Å². The second-order valence-corrected chi connectivity index (χ2v) is 4.61. The molecule has 86 valence electrons. The molecule has 3 unspecified atom stereocenters. The minimum Gasteiger partial charge on any atom is -0.353 e. The van der Waals surface area contributed by atoms with Gasteiger partial charge in [0.15, 0.2) is 0 Å². The molecule has 0 aromatic heterocycles. The average Bonchev–Trinajstić information content (AvgIpc) is 2.97. The van der Waals surface area contributed by atoms with Gasteiger partial charge in [-0.25, -0.2) is 0 Å². The van der Waals surface area contributed by atoms with Crippen molar-refractivity contribution in [2.45, 2.75) is 31.8 Å². The largest absolute Gasteiger partial charge is 0.353 e. The Morgan fingerprint density at radius 2 is 2.12 bits per heavy atom. The van der Waals surface area contributed by atoms with E-state index in [-0.39, 0.29) is 23.9 Å². The lowest BCUT2D eigenvalue weighted by Gasteiger charge is -2.13. The molecule has 3 N–H and O–H groups in total. The van der Waals surface area contributed by atoms with Crippen LogP contribution in [0.4, 0.5) is 0 Å². The van der Waals surface area contributed by atoms with Crippen molar-refractivity contribution >= 4 is 5.91 Å². The van der Waals surface area contributed by atoms with Gasteiger partial charge >= 0.3 is 0 Å². The fourth-order valence-electron chi connectivity index (χ4n) is 1.88. The van der Waals surface area contributed by atoms with E-state index in [0.29, 0.717) is 0 Å². The maximum atomic E-state index is 11.6. The molecule has 0 spiro atoms. The Labute approximate surface area is 96.0 Å². The SMILES string of the molecule is CC(Cc1ccccc1)NC(=O)C1CC1N. The summed E-state index contributed by atoms with van der Waals surface area (Å²) < 4.78 is 0. The highest BCUT2D eigenvalue weighted by molar-refractivity contribution is 5.82. The normalized spacial score (nSPS) is 24.9. The van der Waals surface area contributed by atoms with E-state index in [1.807, 2.05) is 25.1 Å².